The van der Waals surface area contributed by atoms with Crippen LogP contribution < -0.4 is 0 Å². The molecule has 0 aromatic heterocycles. The lowest BCUT2D eigenvalue weighted by Gasteiger charge is -2.39. The Labute approximate surface area is 167 Å². The fourth-order valence-corrected chi connectivity index (χ4v) is 4.04. The molecule has 3 rings (SSSR count). The van der Waals surface area contributed by atoms with E-state index in [1.807, 2.05) is 13.8 Å². The maximum atomic E-state index is 2.44. The molecule has 1 aromatic carbocycles. The number of hydrogen-bond donors (Lipinski definition) is 0. The summed E-state index contributed by atoms with van der Waals surface area (Å²) < 4.78 is 0. The molecule has 0 amide bonds. The van der Waals surface area contributed by atoms with Gasteiger partial charge in [-0.15, -0.1) is 0 Å². The van der Waals surface area contributed by atoms with Crippen molar-refractivity contribution >= 4 is 0 Å². The first-order valence-corrected chi connectivity index (χ1v) is 10.6. The van der Waals surface area contributed by atoms with E-state index in [1.54, 1.807) is 0 Å². The lowest BCUT2D eigenvalue weighted by molar-refractivity contribution is 0.380. The largest absolute Gasteiger partial charge is 0.0807 e. The van der Waals surface area contributed by atoms with Gasteiger partial charge in [0, 0.05) is 5.41 Å². The van der Waals surface area contributed by atoms with Crippen LogP contribution in [0.1, 0.15) is 64.5 Å². The van der Waals surface area contributed by atoms with Gasteiger partial charge in [-0.3, -0.25) is 0 Å². The first-order chi connectivity index (χ1) is 13.1. The molecule has 1 aromatic rings. The van der Waals surface area contributed by atoms with E-state index in [1.165, 1.54) is 41.5 Å². The smallest absolute Gasteiger partial charge is 0.0237 e. The number of benzene rings is 1. The summed E-state index contributed by atoms with van der Waals surface area (Å²) in [6, 6.07) is 9.15. The van der Waals surface area contributed by atoms with Gasteiger partial charge in [-0.1, -0.05) is 105 Å². The third-order valence-corrected chi connectivity index (χ3v) is 5.78. The van der Waals surface area contributed by atoms with E-state index >= 15 is 0 Å². The zero-order chi connectivity index (χ0) is 19.7. The fourth-order valence-electron chi connectivity index (χ4n) is 4.04. The van der Waals surface area contributed by atoms with Gasteiger partial charge in [0.25, 0.3) is 0 Å². The van der Waals surface area contributed by atoms with Crippen LogP contribution in [0.25, 0.3) is 0 Å². The zero-order valence-corrected chi connectivity index (χ0v) is 17.8. The Balaban J connectivity index is 0.00000126. The summed E-state index contributed by atoms with van der Waals surface area (Å²) in [5.41, 5.74) is 5.64. The minimum Gasteiger partial charge on any atom is -0.0807 e. The zero-order valence-electron chi connectivity index (χ0n) is 17.8. The van der Waals surface area contributed by atoms with Crippen molar-refractivity contribution < 1.29 is 0 Å². The van der Waals surface area contributed by atoms with Crippen LogP contribution in [0.4, 0.5) is 0 Å². The SMILES string of the molecule is CC.CC1=C/C=C\C(C(C)(C2=CC=CCC=C2)c2ccc(C)cc2)CCC1. The Bertz CT molecular complexity index is 737. The van der Waals surface area contributed by atoms with Gasteiger partial charge < -0.3 is 0 Å². The van der Waals surface area contributed by atoms with Crippen LogP contribution >= 0.6 is 0 Å². The van der Waals surface area contributed by atoms with E-state index in [4.69, 9.17) is 0 Å². The topological polar surface area (TPSA) is 0 Å². The van der Waals surface area contributed by atoms with Gasteiger partial charge in [0.15, 0.2) is 0 Å². The Hall–Kier alpha value is -2.08. The van der Waals surface area contributed by atoms with E-state index in [0.717, 1.165) is 6.42 Å². The molecule has 0 heteroatoms. The van der Waals surface area contributed by atoms with E-state index in [9.17, 15) is 0 Å². The number of aryl methyl sites for hydroxylation is 1. The molecule has 2 aliphatic carbocycles. The summed E-state index contributed by atoms with van der Waals surface area (Å²) in [6.07, 6.45) is 23.1. The van der Waals surface area contributed by atoms with Crippen molar-refractivity contribution in [2.24, 2.45) is 5.92 Å². The highest BCUT2D eigenvalue weighted by Crippen LogP contribution is 2.44. The minimum atomic E-state index is -0.00549. The molecule has 2 atom stereocenters. The van der Waals surface area contributed by atoms with Crippen molar-refractivity contribution in [3.63, 3.8) is 0 Å². The Kier molecular flexibility index (Phi) is 8.10. The van der Waals surface area contributed by atoms with Crippen LogP contribution in [0.3, 0.4) is 0 Å². The quantitative estimate of drug-likeness (QED) is 0.512. The van der Waals surface area contributed by atoms with Gasteiger partial charge in [0.2, 0.25) is 0 Å². The van der Waals surface area contributed by atoms with Crippen LogP contribution in [-0.4, -0.2) is 0 Å². The van der Waals surface area contributed by atoms with Gasteiger partial charge in [0.05, 0.1) is 0 Å². The minimum absolute atomic E-state index is 0.00549. The molecular formula is C27H36. The molecule has 0 N–H and O–H groups in total. The lowest BCUT2D eigenvalue weighted by atomic mass is 9.64. The number of hydrogen-bond acceptors (Lipinski definition) is 0. The predicted octanol–water partition coefficient (Wildman–Crippen LogP) is 8.02. The maximum Gasteiger partial charge on any atom is 0.0237 e. The molecule has 2 unspecified atom stereocenters. The van der Waals surface area contributed by atoms with E-state index in [-0.39, 0.29) is 5.41 Å². The normalized spacial score (nSPS) is 22.8. The summed E-state index contributed by atoms with van der Waals surface area (Å²) in [5, 5.41) is 0. The van der Waals surface area contributed by atoms with Crippen LogP contribution in [0, 0.1) is 12.8 Å². The standard InChI is InChI=1S/C25H30.C2H6/c1-20-10-8-14-23(15-9-11-20)25(3,22-12-6-4-5-7-13-22)24-18-16-21(2)17-19-24;1-2/h4,6-8,10,12-14,16-19,23H,5,9,11,15H2,1-3H3;1-2H3/b14-8-,20-10?;. The molecule has 0 saturated heterocycles. The summed E-state index contributed by atoms with van der Waals surface area (Å²) in [5.74, 6) is 0.502. The van der Waals surface area contributed by atoms with Crippen LogP contribution in [-0.2, 0) is 5.41 Å². The predicted molar refractivity (Wildman–Crippen MR) is 121 cm³/mol. The average molecular weight is 361 g/mol. The fraction of sp³-hybridized carbons (Fsp3) is 0.407. The molecular weight excluding hydrogens is 324 g/mol. The van der Waals surface area contributed by atoms with Gasteiger partial charge in [-0.2, -0.15) is 0 Å². The van der Waals surface area contributed by atoms with Crippen molar-refractivity contribution in [3.05, 3.63) is 95.1 Å². The third kappa shape index (κ3) is 5.22. The molecule has 0 bridgehead atoms. The van der Waals surface area contributed by atoms with Crippen molar-refractivity contribution in [1.29, 1.82) is 0 Å². The second kappa shape index (κ2) is 10.3. The second-order valence-electron chi connectivity index (χ2n) is 7.65. The van der Waals surface area contributed by atoms with Crippen LogP contribution in [0.2, 0.25) is 0 Å². The number of rotatable bonds is 3. The molecule has 0 nitrogen and oxygen atoms in total. The molecule has 0 radical (unpaired) electrons. The van der Waals surface area contributed by atoms with E-state index < -0.39 is 0 Å². The Morgan fingerprint density at radius 1 is 0.926 bits per heavy atom. The Morgan fingerprint density at radius 3 is 2.41 bits per heavy atom. The summed E-state index contributed by atoms with van der Waals surface area (Å²) in [6.45, 7) is 10.8. The Morgan fingerprint density at radius 2 is 1.67 bits per heavy atom. The average Bonchev–Trinajstić information content (AvgIpc) is 2.96. The van der Waals surface area contributed by atoms with E-state index in [0.29, 0.717) is 5.92 Å². The van der Waals surface area contributed by atoms with Crippen molar-refractivity contribution in [1.82, 2.24) is 0 Å². The second-order valence-corrected chi connectivity index (χ2v) is 7.65. The van der Waals surface area contributed by atoms with E-state index in [2.05, 4.69) is 93.6 Å². The highest BCUT2D eigenvalue weighted by atomic mass is 14.4. The molecule has 0 aliphatic heterocycles. The third-order valence-electron chi connectivity index (χ3n) is 5.78. The van der Waals surface area contributed by atoms with Crippen LogP contribution in [0.5, 0.6) is 0 Å². The number of allylic oxidation sites excluding steroid dienone is 10. The van der Waals surface area contributed by atoms with Gasteiger partial charge in [0.1, 0.15) is 0 Å². The maximum absolute atomic E-state index is 2.44. The highest BCUT2D eigenvalue weighted by Gasteiger charge is 2.36. The van der Waals surface area contributed by atoms with Crippen molar-refractivity contribution in [3.8, 4) is 0 Å². The molecule has 144 valence electrons. The van der Waals surface area contributed by atoms with Crippen molar-refractivity contribution in [2.75, 3.05) is 0 Å². The summed E-state index contributed by atoms with van der Waals surface area (Å²) in [7, 11) is 0. The van der Waals surface area contributed by atoms with Gasteiger partial charge in [-0.05, 0) is 56.6 Å². The summed E-state index contributed by atoms with van der Waals surface area (Å²) >= 11 is 0. The molecule has 0 fully saturated rings. The first-order valence-electron chi connectivity index (χ1n) is 10.6. The van der Waals surface area contributed by atoms with Gasteiger partial charge >= 0.3 is 0 Å². The molecule has 27 heavy (non-hydrogen) atoms. The summed E-state index contributed by atoms with van der Waals surface area (Å²) in [4.78, 5) is 0. The van der Waals surface area contributed by atoms with Crippen LogP contribution in [0.15, 0.2) is 84.0 Å². The first kappa shape index (κ1) is 21.2. The molecule has 0 heterocycles. The van der Waals surface area contributed by atoms with Crippen molar-refractivity contribution in [2.45, 2.75) is 65.7 Å². The van der Waals surface area contributed by atoms with Gasteiger partial charge in [-0.25, -0.2) is 0 Å². The lowest BCUT2D eigenvalue weighted by Crippen LogP contribution is -2.33. The molecule has 0 spiro atoms. The molecule has 0 saturated carbocycles. The molecule has 2 aliphatic rings. The highest BCUT2D eigenvalue weighted by molar-refractivity contribution is 5.46. The monoisotopic (exact) mass is 360 g/mol.